The van der Waals surface area contributed by atoms with Gasteiger partial charge in [0, 0.05) is 25.5 Å². The minimum absolute atomic E-state index is 0.979. The zero-order valence-electron chi connectivity index (χ0n) is 8.99. The van der Waals surface area contributed by atoms with Crippen LogP contribution >= 0.6 is 11.8 Å². The lowest BCUT2D eigenvalue weighted by Crippen LogP contribution is -2.08. The number of nitrogens with one attached hydrogen (secondary N) is 1. The van der Waals surface area contributed by atoms with Crippen molar-refractivity contribution in [3.63, 3.8) is 0 Å². The first kappa shape index (κ1) is 11.4. The summed E-state index contributed by atoms with van der Waals surface area (Å²) in [7, 11) is 0. The number of hydrogen-bond acceptors (Lipinski definition) is 3. The van der Waals surface area contributed by atoms with E-state index in [4.69, 9.17) is 0 Å². The van der Waals surface area contributed by atoms with Crippen molar-refractivity contribution in [1.29, 1.82) is 0 Å². The van der Waals surface area contributed by atoms with E-state index in [0.29, 0.717) is 0 Å². The number of rotatable bonds is 7. The topological polar surface area (TPSA) is 29.9 Å². The van der Waals surface area contributed by atoms with Crippen molar-refractivity contribution in [2.75, 3.05) is 23.9 Å². The molecule has 0 unspecified atom stereocenters. The van der Waals surface area contributed by atoms with E-state index in [0.717, 1.165) is 19.0 Å². The standard InChI is InChI=1S/C10H19N3S/c1-3-13-8-7-12-10(13)11-6-4-5-9-14-2/h7-8H,3-6,9H2,1-2H3,(H,11,12). The van der Waals surface area contributed by atoms with E-state index >= 15 is 0 Å². The molecule has 0 aliphatic carbocycles. The van der Waals surface area contributed by atoms with Crippen molar-refractivity contribution in [1.82, 2.24) is 9.55 Å². The summed E-state index contributed by atoms with van der Waals surface area (Å²) in [5, 5.41) is 3.35. The first-order chi connectivity index (χ1) is 6.88. The summed E-state index contributed by atoms with van der Waals surface area (Å²) in [6.45, 7) is 4.13. The molecule has 14 heavy (non-hydrogen) atoms. The smallest absolute Gasteiger partial charge is 0.202 e. The van der Waals surface area contributed by atoms with Crippen LogP contribution in [0.1, 0.15) is 19.8 Å². The fourth-order valence-corrected chi connectivity index (χ4v) is 1.80. The fraction of sp³-hybridized carbons (Fsp3) is 0.700. The molecule has 0 aliphatic heterocycles. The number of hydrogen-bond donors (Lipinski definition) is 1. The van der Waals surface area contributed by atoms with Crippen LogP contribution in [0.15, 0.2) is 12.4 Å². The summed E-state index contributed by atoms with van der Waals surface area (Å²) in [5.74, 6) is 2.25. The summed E-state index contributed by atoms with van der Waals surface area (Å²) in [6, 6.07) is 0. The van der Waals surface area contributed by atoms with E-state index in [-0.39, 0.29) is 0 Å². The number of unbranched alkanes of at least 4 members (excludes halogenated alkanes) is 1. The van der Waals surface area contributed by atoms with Gasteiger partial charge in [-0.15, -0.1) is 0 Å². The van der Waals surface area contributed by atoms with Gasteiger partial charge < -0.3 is 9.88 Å². The molecule has 0 aromatic carbocycles. The molecule has 1 N–H and O–H groups in total. The Morgan fingerprint density at radius 3 is 3.07 bits per heavy atom. The van der Waals surface area contributed by atoms with Crippen molar-refractivity contribution in [2.45, 2.75) is 26.3 Å². The van der Waals surface area contributed by atoms with Crippen LogP contribution in [0.5, 0.6) is 0 Å². The zero-order valence-corrected chi connectivity index (χ0v) is 9.81. The largest absolute Gasteiger partial charge is 0.356 e. The van der Waals surface area contributed by atoms with Crippen LogP contribution in [0.2, 0.25) is 0 Å². The summed E-state index contributed by atoms with van der Waals surface area (Å²) in [5.41, 5.74) is 0. The Balaban J connectivity index is 2.17. The molecule has 3 nitrogen and oxygen atoms in total. The number of imidazole rings is 1. The van der Waals surface area contributed by atoms with Gasteiger partial charge in [-0.2, -0.15) is 11.8 Å². The summed E-state index contributed by atoms with van der Waals surface area (Å²) in [6.07, 6.45) is 8.49. The number of aromatic nitrogens is 2. The summed E-state index contributed by atoms with van der Waals surface area (Å²) < 4.78 is 2.12. The van der Waals surface area contributed by atoms with Crippen LogP contribution in [0.25, 0.3) is 0 Å². The third kappa shape index (κ3) is 3.62. The van der Waals surface area contributed by atoms with Gasteiger partial charge in [-0.25, -0.2) is 4.98 Å². The van der Waals surface area contributed by atoms with Gasteiger partial charge in [0.15, 0.2) is 0 Å². The Labute approximate surface area is 90.3 Å². The Bertz CT molecular complexity index is 247. The van der Waals surface area contributed by atoms with Gasteiger partial charge in [0.2, 0.25) is 5.95 Å². The minimum atomic E-state index is 0.979. The van der Waals surface area contributed by atoms with Crippen LogP contribution in [0.4, 0.5) is 5.95 Å². The molecule has 4 heteroatoms. The Morgan fingerprint density at radius 1 is 1.50 bits per heavy atom. The highest BCUT2D eigenvalue weighted by Gasteiger charge is 1.98. The normalized spacial score (nSPS) is 10.4. The predicted molar refractivity (Wildman–Crippen MR) is 64.0 cm³/mol. The molecule has 1 aromatic rings. The van der Waals surface area contributed by atoms with Gasteiger partial charge in [-0.3, -0.25) is 0 Å². The molecule has 0 aliphatic rings. The van der Waals surface area contributed by atoms with E-state index in [1.165, 1.54) is 18.6 Å². The van der Waals surface area contributed by atoms with Crippen LogP contribution in [0, 0.1) is 0 Å². The highest BCUT2D eigenvalue weighted by Crippen LogP contribution is 2.05. The van der Waals surface area contributed by atoms with Gasteiger partial charge in [-0.1, -0.05) is 0 Å². The Hall–Kier alpha value is -0.640. The molecule has 0 spiro atoms. The molecule has 0 saturated heterocycles. The molecule has 0 atom stereocenters. The lowest BCUT2D eigenvalue weighted by Gasteiger charge is -2.06. The number of aryl methyl sites for hydroxylation is 1. The van der Waals surface area contributed by atoms with Crippen LogP contribution in [-0.4, -0.2) is 28.1 Å². The quantitative estimate of drug-likeness (QED) is 0.706. The second kappa shape index (κ2) is 6.76. The molecule has 1 rings (SSSR count). The zero-order chi connectivity index (χ0) is 10.2. The minimum Gasteiger partial charge on any atom is -0.356 e. The highest BCUT2D eigenvalue weighted by molar-refractivity contribution is 7.98. The second-order valence-electron chi connectivity index (χ2n) is 3.16. The second-order valence-corrected chi connectivity index (χ2v) is 4.15. The van der Waals surface area contributed by atoms with Gasteiger partial charge >= 0.3 is 0 Å². The number of anilines is 1. The maximum Gasteiger partial charge on any atom is 0.202 e. The molecule has 1 aromatic heterocycles. The van der Waals surface area contributed by atoms with E-state index in [9.17, 15) is 0 Å². The lowest BCUT2D eigenvalue weighted by atomic mass is 10.3. The van der Waals surface area contributed by atoms with Crippen molar-refractivity contribution in [2.24, 2.45) is 0 Å². The van der Waals surface area contributed by atoms with E-state index in [1.807, 2.05) is 24.2 Å². The maximum absolute atomic E-state index is 4.25. The van der Waals surface area contributed by atoms with Gasteiger partial charge in [0.05, 0.1) is 0 Å². The third-order valence-corrected chi connectivity index (χ3v) is 2.81. The van der Waals surface area contributed by atoms with Gasteiger partial charge in [0.1, 0.15) is 0 Å². The van der Waals surface area contributed by atoms with Crippen molar-refractivity contribution >= 4 is 17.7 Å². The average molecular weight is 213 g/mol. The molecule has 0 saturated carbocycles. The molecule has 0 bridgehead atoms. The van der Waals surface area contributed by atoms with Gasteiger partial charge in [-0.05, 0) is 31.8 Å². The molecule has 80 valence electrons. The van der Waals surface area contributed by atoms with Crippen molar-refractivity contribution < 1.29 is 0 Å². The predicted octanol–water partition coefficient (Wildman–Crippen LogP) is 2.46. The molecular weight excluding hydrogens is 194 g/mol. The van der Waals surface area contributed by atoms with Crippen molar-refractivity contribution in [3.8, 4) is 0 Å². The number of thioether (sulfide) groups is 1. The van der Waals surface area contributed by atoms with Gasteiger partial charge in [0.25, 0.3) is 0 Å². The molecular formula is C10H19N3S. The fourth-order valence-electron chi connectivity index (χ4n) is 1.30. The SMILES string of the molecule is CCn1ccnc1NCCCCSC. The van der Waals surface area contributed by atoms with Crippen LogP contribution in [-0.2, 0) is 6.54 Å². The molecule has 1 heterocycles. The Morgan fingerprint density at radius 2 is 2.36 bits per heavy atom. The van der Waals surface area contributed by atoms with E-state index in [1.54, 1.807) is 0 Å². The molecule has 0 radical (unpaired) electrons. The van der Waals surface area contributed by atoms with Crippen LogP contribution < -0.4 is 5.32 Å². The van der Waals surface area contributed by atoms with Crippen molar-refractivity contribution in [3.05, 3.63) is 12.4 Å². The first-order valence-electron chi connectivity index (χ1n) is 5.12. The third-order valence-electron chi connectivity index (χ3n) is 2.11. The Kier molecular flexibility index (Phi) is 5.52. The van der Waals surface area contributed by atoms with E-state index < -0.39 is 0 Å². The molecule has 0 amide bonds. The highest BCUT2D eigenvalue weighted by atomic mass is 32.2. The first-order valence-corrected chi connectivity index (χ1v) is 6.51. The van der Waals surface area contributed by atoms with Crippen LogP contribution in [0.3, 0.4) is 0 Å². The lowest BCUT2D eigenvalue weighted by molar-refractivity contribution is 0.752. The van der Waals surface area contributed by atoms with E-state index in [2.05, 4.69) is 28.0 Å². The summed E-state index contributed by atoms with van der Waals surface area (Å²) >= 11 is 1.91. The average Bonchev–Trinajstić information content (AvgIpc) is 2.65. The monoisotopic (exact) mass is 213 g/mol. The number of nitrogens with zero attached hydrogens (tertiary/aromatic N) is 2. The molecule has 0 fully saturated rings. The summed E-state index contributed by atoms with van der Waals surface area (Å²) in [4.78, 5) is 4.25. The maximum atomic E-state index is 4.25.